The summed E-state index contributed by atoms with van der Waals surface area (Å²) in [6.07, 6.45) is 6.90. The first-order valence-corrected chi connectivity index (χ1v) is 3.92. The second kappa shape index (κ2) is 3.07. The molecule has 1 atom stereocenters. The SMILES string of the molecule is COC(=O)[C@]1(C)CC=CCC1. The topological polar surface area (TPSA) is 26.3 Å². The molecule has 0 spiro atoms. The summed E-state index contributed by atoms with van der Waals surface area (Å²) in [6.45, 7) is 1.96. The van der Waals surface area contributed by atoms with E-state index in [1.807, 2.05) is 6.92 Å². The van der Waals surface area contributed by atoms with Crippen molar-refractivity contribution in [1.82, 2.24) is 0 Å². The quantitative estimate of drug-likeness (QED) is 0.426. The molecule has 0 bridgehead atoms. The molecule has 0 aromatic heterocycles. The summed E-state index contributed by atoms with van der Waals surface area (Å²) in [4.78, 5) is 11.2. The van der Waals surface area contributed by atoms with Gasteiger partial charge in [-0.05, 0) is 26.2 Å². The van der Waals surface area contributed by atoms with E-state index in [0.717, 1.165) is 19.3 Å². The molecule has 0 aliphatic heterocycles. The number of hydrogen-bond donors (Lipinski definition) is 0. The highest BCUT2D eigenvalue weighted by Gasteiger charge is 2.33. The monoisotopic (exact) mass is 154 g/mol. The van der Waals surface area contributed by atoms with E-state index in [0.29, 0.717) is 0 Å². The maximum absolute atomic E-state index is 11.2. The van der Waals surface area contributed by atoms with Crippen LogP contribution in [0.25, 0.3) is 0 Å². The molecular formula is C9H14O2. The maximum Gasteiger partial charge on any atom is 0.311 e. The van der Waals surface area contributed by atoms with E-state index in [-0.39, 0.29) is 11.4 Å². The predicted molar refractivity (Wildman–Crippen MR) is 43.1 cm³/mol. The summed E-state index contributed by atoms with van der Waals surface area (Å²) >= 11 is 0. The Hall–Kier alpha value is -0.790. The van der Waals surface area contributed by atoms with Gasteiger partial charge in [0.1, 0.15) is 0 Å². The van der Waals surface area contributed by atoms with Gasteiger partial charge in [0.05, 0.1) is 12.5 Å². The third-order valence-corrected chi connectivity index (χ3v) is 2.28. The lowest BCUT2D eigenvalue weighted by Gasteiger charge is -2.27. The van der Waals surface area contributed by atoms with Crippen molar-refractivity contribution in [1.29, 1.82) is 0 Å². The molecule has 0 saturated carbocycles. The minimum absolute atomic E-state index is 0.0816. The van der Waals surface area contributed by atoms with Crippen LogP contribution in [0.2, 0.25) is 0 Å². The normalized spacial score (nSPS) is 30.0. The molecule has 1 aliphatic carbocycles. The zero-order valence-corrected chi connectivity index (χ0v) is 7.09. The van der Waals surface area contributed by atoms with Crippen molar-refractivity contribution in [3.63, 3.8) is 0 Å². The van der Waals surface area contributed by atoms with E-state index in [4.69, 9.17) is 4.74 Å². The molecule has 2 heteroatoms. The molecule has 0 radical (unpaired) electrons. The lowest BCUT2D eigenvalue weighted by molar-refractivity contribution is -0.152. The summed E-state index contributed by atoms with van der Waals surface area (Å²) < 4.78 is 4.72. The van der Waals surface area contributed by atoms with Crippen LogP contribution in [0.15, 0.2) is 12.2 Å². The van der Waals surface area contributed by atoms with Crippen LogP contribution in [-0.2, 0) is 9.53 Å². The largest absolute Gasteiger partial charge is 0.469 e. The fourth-order valence-electron chi connectivity index (χ4n) is 1.40. The number of carbonyl (C=O) groups is 1. The smallest absolute Gasteiger partial charge is 0.311 e. The Bertz CT molecular complexity index is 184. The van der Waals surface area contributed by atoms with E-state index in [1.165, 1.54) is 7.11 Å². The van der Waals surface area contributed by atoms with Crippen LogP contribution in [0.3, 0.4) is 0 Å². The van der Waals surface area contributed by atoms with Gasteiger partial charge >= 0.3 is 5.97 Å². The molecule has 62 valence electrons. The lowest BCUT2D eigenvalue weighted by atomic mass is 9.79. The van der Waals surface area contributed by atoms with Gasteiger partial charge in [-0.3, -0.25) is 4.79 Å². The molecule has 0 heterocycles. The van der Waals surface area contributed by atoms with Crippen LogP contribution in [0.5, 0.6) is 0 Å². The Morgan fingerprint density at radius 1 is 1.55 bits per heavy atom. The summed E-state index contributed by atoms with van der Waals surface area (Å²) in [5.41, 5.74) is -0.260. The van der Waals surface area contributed by atoms with Gasteiger partial charge in [0, 0.05) is 0 Å². The van der Waals surface area contributed by atoms with E-state index < -0.39 is 0 Å². The van der Waals surface area contributed by atoms with E-state index in [9.17, 15) is 4.79 Å². The Labute approximate surface area is 67.2 Å². The molecule has 0 amide bonds. The predicted octanol–water partition coefficient (Wildman–Crippen LogP) is 1.91. The van der Waals surface area contributed by atoms with E-state index in [1.54, 1.807) is 0 Å². The molecule has 0 fully saturated rings. The summed E-state index contributed by atoms with van der Waals surface area (Å²) in [7, 11) is 1.45. The van der Waals surface area contributed by atoms with Crippen molar-refractivity contribution >= 4 is 5.97 Å². The van der Waals surface area contributed by atoms with Crippen LogP contribution in [0.4, 0.5) is 0 Å². The Balaban J connectivity index is 2.66. The summed E-state index contributed by atoms with van der Waals surface area (Å²) in [5.74, 6) is -0.0816. The molecule has 0 unspecified atom stereocenters. The van der Waals surface area contributed by atoms with Gasteiger partial charge < -0.3 is 4.74 Å². The Kier molecular flexibility index (Phi) is 2.32. The fourth-order valence-corrected chi connectivity index (χ4v) is 1.40. The van der Waals surface area contributed by atoms with Crippen molar-refractivity contribution in [2.45, 2.75) is 26.2 Å². The zero-order valence-electron chi connectivity index (χ0n) is 7.09. The minimum Gasteiger partial charge on any atom is -0.469 e. The highest BCUT2D eigenvalue weighted by molar-refractivity contribution is 5.76. The lowest BCUT2D eigenvalue weighted by Crippen LogP contribution is -2.29. The second-order valence-corrected chi connectivity index (χ2v) is 3.27. The van der Waals surface area contributed by atoms with Gasteiger partial charge in [0.2, 0.25) is 0 Å². The first-order chi connectivity index (χ1) is 5.19. The molecule has 0 saturated heterocycles. The van der Waals surface area contributed by atoms with Crippen molar-refractivity contribution in [3.05, 3.63) is 12.2 Å². The first kappa shape index (κ1) is 8.31. The number of methoxy groups -OCH3 is 1. The first-order valence-electron chi connectivity index (χ1n) is 3.92. The van der Waals surface area contributed by atoms with Gasteiger partial charge in [-0.15, -0.1) is 0 Å². The average molecular weight is 154 g/mol. The summed E-state index contributed by atoms with van der Waals surface area (Å²) in [5, 5.41) is 0. The van der Waals surface area contributed by atoms with Crippen molar-refractivity contribution in [3.8, 4) is 0 Å². The number of hydrogen-bond acceptors (Lipinski definition) is 2. The molecule has 1 aliphatic rings. The number of esters is 1. The van der Waals surface area contributed by atoms with Crippen molar-refractivity contribution in [2.24, 2.45) is 5.41 Å². The van der Waals surface area contributed by atoms with Crippen LogP contribution < -0.4 is 0 Å². The van der Waals surface area contributed by atoms with Crippen LogP contribution in [0.1, 0.15) is 26.2 Å². The highest BCUT2D eigenvalue weighted by Crippen LogP contribution is 2.32. The van der Waals surface area contributed by atoms with E-state index >= 15 is 0 Å². The second-order valence-electron chi connectivity index (χ2n) is 3.27. The number of allylic oxidation sites excluding steroid dienone is 2. The molecule has 11 heavy (non-hydrogen) atoms. The maximum atomic E-state index is 11.2. The van der Waals surface area contributed by atoms with Gasteiger partial charge in [-0.2, -0.15) is 0 Å². The number of carbonyl (C=O) groups excluding carboxylic acids is 1. The molecule has 0 aromatic rings. The van der Waals surface area contributed by atoms with Gasteiger partial charge in [0.25, 0.3) is 0 Å². The summed E-state index contributed by atoms with van der Waals surface area (Å²) in [6, 6.07) is 0. The van der Waals surface area contributed by atoms with Gasteiger partial charge in [-0.1, -0.05) is 12.2 Å². The standard InChI is InChI=1S/C9H14O2/c1-9(8(10)11-2)6-4-3-5-7-9/h3-4H,5-7H2,1-2H3/t9-/m1/s1. The Morgan fingerprint density at radius 3 is 2.73 bits per heavy atom. The Morgan fingerprint density at radius 2 is 2.27 bits per heavy atom. The van der Waals surface area contributed by atoms with Crippen LogP contribution >= 0.6 is 0 Å². The molecule has 0 N–H and O–H groups in total. The van der Waals surface area contributed by atoms with E-state index in [2.05, 4.69) is 12.2 Å². The average Bonchev–Trinajstić information content (AvgIpc) is 2.04. The molecule has 0 aromatic carbocycles. The van der Waals surface area contributed by atoms with Gasteiger partial charge in [0.15, 0.2) is 0 Å². The molecule has 2 nitrogen and oxygen atoms in total. The van der Waals surface area contributed by atoms with Crippen LogP contribution in [0, 0.1) is 5.41 Å². The fraction of sp³-hybridized carbons (Fsp3) is 0.667. The zero-order chi connectivity index (χ0) is 8.32. The van der Waals surface area contributed by atoms with Crippen LogP contribution in [-0.4, -0.2) is 13.1 Å². The highest BCUT2D eigenvalue weighted by atomic mass is 16.5. The van der Waals surface area contributed by atoms with Crippen molar-refractivity contribution in [2.75, 3.05) is 7.11 Å². The molecule has 1 rings (SSSR count). The van der Waals surface area contributed by atoms with Crippen molar-refractivity contribution < 1.29 is 9.53 Å². The third-order valence-electron chi connectivity index (χ3n) is 2.28. The number of rotatable bonds is 1. The molecular weight excluding hydrogens is 140 g/mol. The van der Waals surface area contributed by atoms with Gasteiger partial charge in [-0.25, -0.2) is 0 Å². The third kappa shape index (κ3) is 1.62. The minimum atomic E-state index is -0.260. The number of ether oxygens (including phenoxy) is 1.